The number of nitrogens with one attached hydrogen (secondary N) is 1. The molecule has 7 nitrogen and oxygen atoms in total. The predicted octanol–water partition coefficient (Wildman–Crippen LogP) is 2.93. The lowest BCUT2D eigenvalue weighted by Gasteiger charge is -2.19. The molecule has 134 valence electrons. The highest BCUT2D eigenvalue weighted by Gasteiger charge is 2.21. The van der Waals surface area contributed by atoms with Crippen molar-refractivity contribution in [2.75, 3.05) is 18.5 Å². The van der Waals surface area contributed by atoms with Gasteiger partial charge in [0.25, 0.3) is 5.91 Å². The zero-order valence-electron chi connectivity index (χ0n) is 14.2. The fourth-order valence-electron chi connectivity index (χ4n) is 2.90. The molecule has 0 spiro atoms. The van der Waals surface area contributed by atoms with Gasteiger partial charge in [0.2, 0.25) is 0 Å². The van der Waals surface area contributed by atoms with Crippen molar-refractivity contribution in [1.82, 2.24) is 19.7 Å². The topological polar surface area (TPSA) is 81.9 Å². The molecule has 0 aromatic carbocycles. The standard InChI is InChI=1S/C18H19N5O2S/c24-17(15-11-20-18(26-15)14-4-9-25-10-5-14)21-16-3-8-23(22-16)12-13-1-6-19-7-2-13/h1-3,6-8,11,14H,4-5,9-10,12H2,(H,21,22,24). The number of hydrogen-bond acceptors (Lipinski definition) is 6. The Kier molecular flexibility index (Phi) is 5.03. The van der Waals surface area contributed by atoms with Crippen molar-refractivity contribution in [3.63, 3.8) is 0 Å². The largest absolute Gasteiger partial charge is 0.381 e. The van der Waals surface area contributed by atoms with Crippen LogP contribution in [0.5, 0.6) is 0 Å². The van der Waals surface area contributed by atoms with Crippen molar-refractivity contribution in [1.29, 1.82) is 0 Å². The molecule has 0 unspecified atom stereocenters. The van der Waals surface area contributed by atoms with Crippen molar-refractivity contribution in [2.45, 2.75) is 25.3 Å². The molecule has 1 fully saturated rings. The summed E-state index contributed by atoms with van der Waals surface area (Å²) < 4.78 is 7.17. The second-order valence-electron chi connectivity index (χ2n) is 6.16. The fourth-order valence-corrected chi connectivity index (χ4v) is 3.88. The van der Waals surface area contributed by atoms with E-state index < -0.39 is 0 Å². The molecule has 0 radical (unpaired) electrons. The van der Waals surface area contributed by atoms with Crippen molar-refractivity contribution < 1.29 is 9.53 Å². The van der Waals surface area contributed by atoms with Gasteiger partial charge in [-0.1, -0.05) is 0 Å². The van der Waals surface area contributed by atoms with Gasteiger partial charge < -0.3 is 10.1 Å². The first-order valence-electron chi connectivity index (χ1n) is 8.55. The third-order valence-electron chi connectivity index (χ3n) is 4.29. The molecule has 3 aromatic rings. The summed E-state index contributed by atoms with van der Waals surface area (Å²) in [6, 6.07) is 5.67. The summed E-state index contributed by atoms with van der Waals surface area (Å²) in [6.07, 6.45) is 8.93. The predicted molar refractivity (Wildman–Crippen MR) is 98.4 cm³/mol. The van der Waals surface area contributed by atoms with Gasteiger partial charge in [0.05, 0.1) is 17.7 Å². The number of anilines is 1. The van der Waals surface area contributed by atoms with E-state index >= 15 is 0 Å². The molecule has 8 heteroatoms. The molecule has 0 saturated carbocycles. The van der Waals surface area contributed by atoms with Gasteiger partial charge in [-0.3, -0.25) is 14.5 Å². The minimum Gasteiger partial charge on any atom is -0.381 e. The third kappa shape index (κ3) is 3.97. The maximum Gasteiger partial charge on any atom is 0.268 e. The van der Waals surface area contributed by atoms with Gasteiger partial charge in [0.15, 0.2) is 5.82 Å². The number of nitrogens with zero attached hydrogens (tertiary/aromatic N) is 4. The van der Waals surface area contributed by atoms with E-state index in [1.807, 2.05) is 18.3 Å². The quantitative estimate of drug-likeness (QED) is 0.748. The lowest BCUT2D eigenvalue weighted by molar-refractivity contribution is 0.0853. The first kappa shape index (κ1) is 16.9. The van der Waals surface area contributed by atoms with Crippen LogP contribution in [0.1, 0.15) is 39.0 Å². The molecule has 4 rings (SSSR count). The first-order valence-corrected chi connectivity index (χ1v) is 9.37. The van der Waals surface area contributed by atoms with Gasteiger partial charge in [-0.05, 0) is 30.5 Å². The van der Waals surface area contributed by atoms with Gasteiger partial charge in [-0.15, -0.1) is 11.3 Å². The molecular formula is C18H19N5O2S. The Hall–Kier alpha value is -2.58. The van der Waals surface area contributed by atoms with Crippen LogP contribution in [0.4, 0.5) is 5.82 Å². The van der Waals surface area contributed by atoms with E-state index in [1.165, 1.54) is 11.3 Å². The summed E-state index contributed by atoms with van der Waals surface area (Å²) in [6.45, 7) is 2.16. The third-order valence-corrected chi connectivity index (χ3v) is 5.45. The molecule has 4 heterocycles. The smallest absolute Gasteiger partial charge is 0.268 e. The first-order chi connectivity index (χ1) is 12.8. The molecule has 3 aromatic heterocycles. The van der Waals surface area contributed by atoms with Crippen molar-refractivity contribution in [2.24, 2.45) is 0 Å². The van der Waals surface area contributed by atoms with Crippen molar-refractivity contribution in [3.05, 3.63) is 58.4 Å². The Balaban J connectivity index is 1.38. The Bertz CT molecular complexity index is 871. The highest BCUT2D eigenvalue weighted by atomic mass is 32.1. The number of carbonyl (C=O) groups is 1. The van der Waals surface area contributed by atoms with Crippen LogP contribution in [0, 0.1) is 0 Å². The summed E-state index contributed by atoms with van der Waals surface area (Å²) in [4.78, 5) is 21.5. The van der Waals surface area contributed by atoms with E-state index in [1.54, 1.807) is 29.3 Å². The minimum atomic E-state index is -0.171. The van der Waals surface area contributed by atoms with Crippen LogP contribution in [0.25, 0.3) is 0 Å². The molecule has 1 amide bonds. The summed E-state index contributed by atoms with van der Waals surface area (Å²) in [5.74, 6) is 0.759. The molecule has 1 N–H and O–H groups in total. The molecule has 1 saturated heterocycles. The average Bonchev–Trinajstić information content (AvgIpc) is 3.33. The van der Waals surface area contributed by atoms with Gasteiger partial charge in [0.1, 0.15) is 4.88 Å². The molecule has 0 aliphatic carbocycles. The molecular weight excluding hydrogens is 350 g/mol. The number of thiazole rings is 1. The van der Waals surface area contributed by atoms with Crippen molar-refractivity contribution in [3.8, 4) is 0 Å². The van der Waals surface area contributed by atoms with Crippen LogP contribution in [0.3, 0.4) is 0 Å². The lowest BCUT2D eigenvalue weighted by Crippen LogP contribution is -2.13. The van der Waals surface area contributed by atoms with E-state index in [0.29, 0.717) is 23.2 Å². The van der Waals surface area contributed by atoms with Crippen LogP contribution in [0.2, 0.25) is 0 Å². The normalized spacial score (nSPS) is 15.1. The Morgan fingerprint density at radius 3 is 2.88 bits per heavy atom. The van der Waals surface area contributed by atoms with Gasteiger partial charge in [-0.2, -0.15) is 5.10 Å². The van der Waals surface area contributed by atoms with Crippen LogP contribution in [-0.4, -0.2) is 38.9 Å². The lowest BCUT2D eigenvalue weighted by atomic mass is 10.0. The molecule has 1 aliphatic heterocycles. The zero-order chi connectivity index (χ0) is 17.8. The minimum absolute atomic E-state index is 0.171. The monoisotopic (exact) mass is 369 g/mol. The number of carbonyl (C=O) groups excluding carboxylic acids is 1. The molecule has 26 heavy (non-hydrogen) atoms. The maximum absolute atomic E-state index is 12.5. The van der Waals surface area contributed by atoms with E-state index in [4.69, 9.17) is 4.74 Å². The number of pyridine rings is 1. The molecule has 0 atom stereocenters. The van der Waals surface area contributed by atoms with E-state index in [2.05, 4.69) is 20.4 Å². The van der Waals surface area contributed by atoms with Crippen molar-refractivity contribution >= 4 is 23.1 Å². The van der Waals surface area contributed by atoms with Crippen LogP contribution >= 0.6 is 11.3 Å². The van der Waals surface area contributed by atoms with Crippen LogP contribution in [0.15, 0.2) is 43.0 Å². The summed E-state index contributed by atoms with van der Waals surface area (Å²) in [5.41, 5.74) is 1.10. The Morgan fingerprint density at radius 1 is 1.27 bits per heavy atom. The average molecular weight is 369 g/mol. The fraction of sp³-hybridized carbons (Fsp3) is 0.333. The van der Waals surface area contributed by atoms with E-state index in [-0.39, 0.29) is 5.91 Å². The summed E-state index contributed by atoms with van der Waals surface area (Å²) in [7, 11) is 0. The van der Waals surface area contributed by atoms with Gasteiger partial charge in [-0.25, -0.2) is 4.98 Å². The van der Waals surface area contributed by atoms with Gasteiger partial charge in [0, 0.05) is 43.8 Å². The van der Waals surface area contributed by atoms with E-state index in [0.717, 1.165) is 36.6 Å². The molecule has 0 bridgehead atoms. The SMILES string of the molecule is O=C(Nc1ccn(Cc2ccncc2)n1)c1cnc(C2CCOCC2)s1. The number of rotatable bonds is 5. The Labute approximate surface area is 155 Å². The summed E-state index contributed by atoms with van der Waals surface area (Å²) in [5, 5.41) is 8.26. The number of ether oxygens (including phenoxy) is 1. The molecule has 1 aliphatic rings. The van der Waals surface area contributed by atoms with Gasteiger partial charge >= 0.3 is 0 Å². The second-order valence-corrected chi connectivity index (χ2v) is 7.22. The van der Waals surface area contributed by atoms with Crippen LogP contribution in [-0.2, 0) is 11.3 Å². The number of amides is 1. The number of hydrogen-bond donors (Lipinski definition) is 1. The highest BCUT2D eigenvalue weighted by Crippen LogP contribution is 2.30. The highest BCUT2D eigenvalue weighted by molar-refractivity contribution is 7.13. The second kappa shape index (κ2) is 7.76. The van der Waals surface area contributed by atoms with Crippen LogP contribution < -0.4 is 5.32 Å². The summed E-state index contributed by atoms with van der Waals surface area (Å²) >= 11 is 1.46. The van der Waals surface area contributed by atoms with E-state index in [9.17, 15) is 4.79 Å². The maximum atomic E-state index is 12.5. The number of aromatic nitrogens is 4. The zero-order valence-corrected chi connectivity index (χ0v) is 15.0. The Morgan fingerprint density at radius 2 is 2.08 bits per heavy atom.